The van der Waals surface area contributed by atoms with Gasteiger partial charge in [0.1, 0.15) is 0 Å². The van der Waals surface area contributed by atoms with E-state index in [2.05, 4.69) is 53.1 Å². The second kappa shape index (κ2) is 11.4. The topological polar surface area (TPSA) is 35.9 Å². The number of β-amino-alcohol motifs (C(OH)–C–C–N with tert-alkyl or cyclic N) is 1. The highest BCUT2D eigenvalue weighted by Gasteiger charge is 2.18. The summed E-state index contributed by atoms with van der Waals surface area (Å²) < 4.78 is 5.50. The smallest absolute Gasteiger partial charge is 0.0900 e. The molecule has 0 spiro atoms. The third kappa shape index (κ3) is 7.58. The normalized spacial score (nSPS) is 18.2. The van der Waals surface area contributed by atoms with E-state index in [9.17, 15) is 5.11 Å². The Morgan fingerprint density at radius 3 is 2.54 bits per heavy atom. The van der Waals surface area contributed by atoms with Crippen molar-refractivity contribution in [2.24, 2.45) is 0 Å². The fourth-order valence-electron chi connectivity index (χ4n) is 2.87. The van der Waals surface area contributed by atoms with Crippen LogP contribution >= 0.6 is 0 Å². The van der Waals surface area contributed by atoms with E-state index in [1.807, 2.05) is 6.07 Å². The molecule has 1 unspecified atom stereocenters. The van der Waals surface area contributed by atoms with Crippen molar-refractivity contribution in [1.82, 2.24) is 9.80 Å². The van der Waals surface area contributed by atoms with Crippen LogP contribution < -0.4 is 0 Å². The Morgan fingerprint density at radius 1 is 1.12 bits per heavy atom. The zero-order valence-electron chi connectivity index (χ0n) is 14.9. The van der Waals surface area contributed by atoms with Gasteiger partial charge in [-0.3, -0.25) is 9.80 Å². The molecule has 24 heavy (non-hydrogen) atoms. The molecule has 1 aliphatic rings. The predicted molar refractivity (Wildman–Crippen MR) is 100 cm³/mol. The molecule has 1 aromatic rings. The molecule has 0 aromatic heterocycles. The second-order valence-corrected chi connectivity index (χ2v) is 6.50. The van der Waals surface area contributed by atoms with Crippen LogP contribution in [0.3, 0.4) is 0 Å². The third-order valence-electron chi connectivity index (χ3n) is 4.36. The Labute approximate surface area is 146 Å². The molecule has 4 heteroatoms. The van der Waals surface area contributed by atoms with Gasteiger partial charge in [-0.1, -0.05) is 55.8 Å². The zero-order chi connectivity index (χ0) is 17.0. The number of piperazine rings is 1. The van der Waals surface area contributed by atoms with Crippen LogP contribution in [0.2, 0.25) is 0 Å². The second-order valence-electron chi connectivity index (χ2n) is 6.50. The SMILES string of the molecule is CCCCOCC(O)CN1CCN(CC=Cc2ccccc2)CC1. The van der Waals surface area contributed by atoms with E-state index >= 15 is 0 Å². The van der Waals surface area contributed by atoms with E-state index in [1.165, 1.54) is 5.56 Å². The lowest BCUT2D eigenvalue weighted by Crippen LogP contribution is -2.49. The predicted octanol–water partition coefficient (Wildman–Crippen LogP) is 2.50. The lowest BCUT2D eigenvalue weighted by molar-refractivity contribution is 0.00730. The van der Waals surface area contributed by atoms with Crippen LogP contribution in [0, 0.1) is 0 Å². The number of aliphatic hydroxyl groups excluding tert-OH is 1. The molecule has 1 aromatic carbocycles. The van der Waals surface area contributed by atoms with Gasteiger partial charge in [0, 0.05) is 45.9 Å². The van der Waals surface area contributed by atoms with Crippen molar-refractivity contribution in [3.05, 3.63) is 42.0 Å². The van der Waals surface area contributed by atoms with Crippen molar-refractivity contribution in [1.29, 1.82) is 0 Å². The van der Waals surface area contributed by atoms with E-state index in [-0.39, 0.29) is 6.10 Å². The van der Waals surface area contributed by atoms with Gasteiger partial charge < -0.3 is 9.84 Å². The third-order valence-corrected chi connectivity index (χ3v) is 4.36. The molecule has 0 bridgehead atoms. The summed E-state index contributed by atoms with van der Waals surface area (Å²) in [5.41, 5.74) is 1.25. The van der Waals surface area contributed by atoms with Gasteiger partial charge in [0.2, 0.25) is 0 Å². The van der Waals surface area contributed by atoms with E-state index < -0.39 is 0 Å². The maximum absolute atomic E-state index is 10.0. The lowest BCUT2D eigenvalue weighted by atomic mass is 10.2. The molecule has 1 heterocycles. The van der Waals surface area contributed by atoms with Crippen LogP contribution in [0.4, 0.5) is 0 Å². The molecule has 1 saturated heterocycles. The summed E-state index contributed by atoms with van der Waals surface area (Å²) in [5, 5.41) is 10.0. The molecule has 0 amide bonds. The van der Waals surface area contributed by atoms with Crippen molar-refractivity contribution in [2.45, 2.75) is 25.9 Å². The van der Waals surface area contributed by atoms with Crippen molar-refractivity contribution in [2.75, 3.05) is 52.5 Å². The van der Waals surface area contributed by atoms with Gasteiger partial charge in [-0.25, -0.2) is 0 Å². The summed E-state index contributed by atoms with van der Waals surface area (Å²) in [6, 6.07) is 10.4. The van der Waals surface area contributed by atoms with Crippen LogP contribution in [0.15, 0.2) is 36.4 Å². The summed E-state index contributed by atoms with van der Waals surface area (Å²) in [5.74, 6) is 0. The fourth-order valence-corrected chi connectivity index (χ4v) is 2.87. The van der Waals surface area contributed by atoms with Gasteiger partial charge in [0.15, 0.2) is 0 Å². The number of benzene rings is 1. The van der Waals surface area contributed by atoms with Crippen molar-refractivity contribution >= 4 is 6.08 Å². The van der Waals surface area contributed by atoms with Crippen molar-refractivity contribution < 1.29 is 9.84 Å². The first kappa shape index (κ1) is 19.1. The molecule has 1 N–H and O–H groups in total. The number of aliphatic hydroxyl groups is 1. The molecule has 134 valence electrons. The summed E-state index contributed by atoms with van der Waals surface area (Å²) in [7, 11) is 0. The Hall–Kier alpha value is -1.20. The largest absolute Gasteiger partial charge is 0.389 e. The van der Waals surface area contributed by atoms with Crippen LogP contribution in [0.25, 0.3) is 6.08 Å². The first-order chi connectivity index (χ1) is 11.8. The van der Waals surface area contributed by atoms with E-state index in [0.717, 1.165) is 58.7 Å². The maximum atomic E-state index is 10.0. The number of hydrogen-bond acceptors (Lipinski definition) is 4. The fraction of sp³-hybridized carbons (Fsp3) is 0.600. The summed E-state index contributed by atoms with van der Waals surface area (Å²) in [6.07, 6.45) is 6.26. The van der Waals surface area contributed by atoms with Gasteiger partial charge in [0.25, 0.3) is 0 Å². The van der Waals surface area contributed by atoms with E-state index in [1.54, 1.807) is 0 Å². The Morgan fingerprint density at radius 2 is 1.83 bits per heavy atom. The molecule has 0 aliphatic carbocycles. The van der Waals surface area contributed by atoms with Crippen LogP contribution in [-0.4, -0.2) is 73.5 Å². The average molecular weight is 332 g/mol. The quantitative estimate of drug-likeness (QED) is 0.668. The van der Waals surface area contributed by atoms with Crippen molar-refractivity contribution in [3.63, 3.8) is 0 Å². The molecule has 4 nitrogen and oxygen atoms in total. The summed E-state index contributed by atoms with van der Waals surface area (Å²) in [4.78, 5) is 4.80. The van der Waals surface area contributed by atoms with Crippen LogP contribution in [0.1, 0.15) is 25.3 Å². The molecule has 2 rings (SSSR count). The monoisotopic (exact) mass is 332 g/mol. The number of ether oxygens (including phenoxy) is 1. The average Bonchev–Trinajstić information content (AvgIpc) is 2.61. The van der Waals surface area contributed by atoms with Gasteiger partial charge in [-0.05, 0) is 12.0 Å². The molecule has 0 saturated carbocycles. The van der Waals surface area contributed by atoms with Gasteiger partial charge >= 0.3 is 0 Å². The maximum Gasteiger partial charge on any atom is 0.0900 e. The van der Waals surface area contributed by atoms with Crippen LogP contribution in [-0.2, 0) is 4.74 Å². The molecule has 1 fully saturated rings. The Balaban J connectivity index is 1.58. The first-order valence-corrected chi connectivity index (χ1v) is 9.20. The summed E-state index contributed by atoms with van der Waals surface area (Å²) in [6.45, 7) is 9.23. The number of hydrogen-bond donors (Lipinski definition) is 1. The highest BCUT2D eigenvalue weighted by Crippen LogP contribution is 2.05. The lowest BCUT2D eigenvalue weighted by Gasteiger charge is -2.35. The molecule has 1 aliphatic heterocycles. The Bertz CT molecular complexity index is 456. The first-order valence-electron chi connectivity index (χ1n) is 9.20. The van der Waals surface area contributed by atoms with Gasteiger partial charge in [0.05, 0.1) is 12.7 Å². The number of unbranched alkanes of at least 4 members (excludes halogenated alkanes) is 1. The minimum atomic E-state index is -0.369. The van der Waals surface area contributed by atoms with E-state index in [0.29, 0.717) is 6.61 Å². The number of rotatable bonds is 10. The van der Waals surface area contributed by atoms with E-state index in [4.69, 9.17) is 4.74 Å². The van der Waals surface area contributed by atoms with Crippen molar-refractivity contribution in [3.8, 4) is 0 Å². The highest BCUT2D eigenvalue weighted by atomic mass is 16.5. The molecule has 1 atom stereocenters. The Kier molecular flexibility index (Phi) is 9.06. The zero-order valence-corrected chi connectivity index (χ0v) is 14.9. The standard InChI is InChI=1S/C20H32N2O2/c1-2-3-16-24-18-20(23)17-22-14-12-21(13-15-22)11-7-10-19-8-5-4-6-9-19/h4-10,20,23H,2-3,11-18H2,1H3. The minimum absolute atomic E-state index is 0.369. The van der Waals surface area contributed by atoms with Gasteiger partial charge in [-0.2, -0.15) is 0 Å². The minimum Gasteiger partial charge on any atom is -0.389 e. The molecular weight excluding hydrogens is 300 g/mol. The molecular formula is C20H32N2O2. The molecule has 0 radical (unpaired) electrons. The summed E-state index contributed by atoms with van der Waals surface area (Å²) >= 11 is 0. The number of nitrogens with zero attached hydrogens (tertiary/aromatic N) is 2. The highest BCUT2D eigenvalue weighted by molar-refractivity contribution is 5.48. The van der Waals surface area contributed by atoms with Crippen LogP contribution in [0.5, 0.6) is 0 Å². The van der Waals surface area contributed by atoms with Gasteiger partial charge in [-0.15, -0.1) is 0 Å².